The minimum Gasteiger partial charge on any atom is -0.486 e. The van der Waals surface area contributed by atoms with Crippen LogP contribution in [0.15, 0.2) is 54.9 Å². The van der Waals surface area contributed by atoms with Crippen LogP contribution in [0.2, 0.25) is 0 Å². The van der Waals surface area contributed by atoms with Gasteiger partial charge in [-0.2, -0.15) is 0 Å². The Morgan fingerprint density at radius 2 is 1.76 bits per heavy atom. The van der Waals surface area contributed by atoms with Crippen LogP contribution in [0.3, 0.4) is 0 Å². The highest BCUT2D eigenvalue weighted by atomic mass is 16.6. The van der Waals surface area contributed by atoms with Gasteiger partial charge in [0, 0.05) is 24.2 Å². The lowest BCUT2D eigenvalue weighted by molar-refractivity contribution is -0.111. The number of fused-ring (bicyclic) bond motifs is 2. The second kappa shape index (κ2) is 6.60. The molecule has 25 heavy (non-hydrogen) atoms. The molecule has 124 valence electrons. The third-order valence-corrected chi connectivity index (χ3v) is 3.73. The summed E-state index contributed by atoms with van der Waals surface area (Å²) in [5.41, 5.74) is 3.05. The van der Waals surface area contributed by atoms with Crippen molar-refractivity contribution in [3.63, 3.8) is 0 Å². The Hall–Kier alpha value is -3.41. The predicted octanol–water partition coefficient (Wildman–Crippen LogP) is 3.05. The van der Waals surface area contributed by atoms with Crippen molar-refractivity contribution in [2.24, 2.45) is 0 Å². The highest BCUT2D eigenvalue weighted by molar-refractivity contribution is 6.02. The van der Waals surface area contributed by atoms with Gasteiger partial charge in [-0.15, -0.1) is 0 Å². The molecule has 3 aromatic rings. The lowest BCUT2D eigenvalue weighted by atomic mass is 10.2. The third-order valence-electron chi connectivity index (χ3n) is 3.73. The summed E-state index contributed by atoms with van der Waals surface area (Å²) in [5, 5.41) is 2.82. The smallest absolute Gasteiger partial charge is 0.248 e. The van der Waals surface area contributed by atoms with Crippen molar-refractivity contribution in [3.8, 4) is 11.5 Å². The van der Waals surface area contributed by atoms with Crippen LogP contribution in [0, 0.1) is 0 Å². The van der Waals surface area contributed by atoms with Gasteiger partial charge < -0.3 is 14.8 Å². The average Bonchev–Trinajstić information content (AvgIpc) is 2.66. The molecule has 1 aromatic heterocycles. The minimum absolute atomic E-state index is 0.224. The largest absolute Gasteiger partial charge is 0.486 e. The number of ether oxygens (including phenoxy) is 2. The Bertz CT molecular complexity index is 969. The van der Waals surface area contributed by atoms with Crippen LogP contribution in [0.4, 0.5) is 5.69 Å². The number of aromatic nitrogens is 2. The van der Waals surface area contributed by atoms with Crippen molar-refractivity contribution in [3.05, 3.63) is 60.4 Å². The predicted molar refractivity (Wildman–Crippen MR) is 94.6 cm³/mol. The lowest BCUT2D eigenvalue weighted by Gasteiger charge is -2.18. The molecular weight excluding hydrogens is 318 g/mol. The molecule has 0 unspecified atom stereocenters. The van der Waals surface area contributed by atoms with Gasteiger partial charge in [0.25, 0.3) is 0 Å². The molecule has 0 fully saturated rings. The first-order chi connectivity index (χ1) is 12.3. The summed E-state index contributed by atoms with van der Waals surface area (Å²) in [6.07, 6.45) is 6.47. The van der Waals surface area contributed by atoms with E-state index in [9.17, 15) is 4.79 Å². The zero-order valence-electron chi connectivity index (χ0n) is 13.3. The Balaban J connectivity index is 1.46. The molecule has 6 nitrogen and oxygen atoms in total. The Morgan fingerprint density at radius 1 is 0.960 bits per heavy atom. The molecule has 0 spiro atoms. The molecule has 0 aliphatic carbocycles. The van der Waals surface area contributed by atoms with Crippen molar-refractivity contribution >= 4 is 28.7 Å². The normalized spacial score (nSPS) is 13.1. The molecule has 4 rings (SSSR count). The van der Waals surface area contributed by atoms with E-state index in [1.165, 1.54) is 6.08 Å². The van der Waals surface area contributed by atoms with Crippen LogP contribution in [0.1, 0.15) is 5.56 Å². The standard InChI is InChI=1S/C19H15N3O3/c23-19(22-14-3-4-15-16(12-14)21-8-7-20-15)6-2-13-1-5-17-18(11-13)25-10-9-24-17/h1-8,11-12H,9-10H2,(H,22,23). The number of hydrogen-bond donors (Lipinski definition) is 1. The van der Waals surface area contributed by atoms with Gasteiger partial charge in [0.05, 0.1) is 11.0 Å². The highest BCUT2D eigenvalue weighted by Crippen LogP contribution is 2.31. The molecular formula is C19H15N3O3. The maximum atomic E-state index is 12.1. The van der Waals surface area contributed by atoms with Crippen LogP contribution >= 0.6 is 0 Å². The number of carbonyl (C=O) groups excluding carboxylic acids is 1. The highest BCUT2D eigenvalue weighted by Gasteiger charge is 2.10. The molecule has 0 saturated carbocycles. The molecule has 2 heterocycles. The Morgan fingerprint density at radius 3 is 2.64 bits per heavy atom. The molecule has 1 aliphatic rings. The molecule has 2 aromatic carbocycles. The second-order valence-corrected chi connectivity index (χ2v) is 5.49. The molecule has 1 amide bonds. The van der Waals surface area contributed by atoms with Gasteiger partial charge in [0.2, 0.25) is 5.91 Å². The number of amides is 1. The summed E-state index contributed by atoms with van der Waals surface area (Å²) in [6, 6.07) is 11.0. The summed E-state index contributed by atoms with van der Waals surface area (Å²) in [4.78, 5) is 20.5. The van der Waals surface area contributed by atoms with E-state index in [1.807, 2.05) is 24.3 Å². The zero-order valence-corrected chi connectivity index (χ0v) is 13.3. The number of carbonyl (C=O) groups is 1. The molecule has 0 radical (unpaired) electrons. The lowest BCUT2D eigenvalue weighted by Crippen LogP contribution is -2.15. The van der Waals surface area contributed by atoms with Gasteiger partial charge in [-0.1, -0.05) is 6.07 Å². The van der Waals surface area contributed by atoms with Gasteiger partial charge >= 0.3 is 0 Å². The second-order valence-electron chi connectivity index (χ2n) is 5.49. The van der Waals surface area contributed by atoms with Crippen LogP contribution < -0.4 is 14.8 Å². The summed E-state index contributed by atoms with van der Waals surface area (Å²) < 4.78 is 11.0. The average molecular weight is 333 g/mol. The van der Waals surface area contributed by atoms with Crippen molar-refractivity contribution in [2.45, 2.75) is 0 Å². The van der Waals surface area contributed by atoms with E-state index in [0.717, 1.165) is 22.3 Å². The monoisotopic (exact) mass is 333 g/mol. The fraction of sp³-hybridized carbons (Fsp3) is 0.105. The van der Waals surface area contributed by atoms with E-state index in [0.29, 0.717) is 24.7 Å². The zero-order chi connectivity index (χ0) is 17.1. The van der Waals surface area contributed by atoms with E-state index in [1.54, 1.807) is 30.6 Å². The maximum absolute atomic E-state index is 12.1. The van der Waals surface area contributed by atoms with Crippen LogP contribution in [-0.4, -0.2) is 29.1 Å². The molecule has 0 bridgehead atoms. The maximum Gasteiger partial charge on any atom is 0.248 e. The number of rotatable bonds is 3. The SMILES string of the molecule is O=C(C=Cc1ccc2c(c1)OCCO2)Nc1ccc2nccnc2c1. The fourth-order valence-corrected chi connectivity index (χ4v) is 2.56. The first-order valence-corrected chi connectivity index (χ1v) is 7.87. The first kappa shape index (κ1) is 15.1. The molecule has 6 heteroatoms. The first-order valence-electron chi connectivity index (χ1n) is 7.87. The molecule has 1 aliphatic heterocycles. The molecule has 0 saturated heterocycles. The summed E-state index contributed by atoms with van der Waals surface area (Å²) >= 11 is 0. The quantitative estimate of drug-likeness (QED) is 0.746. The topological polar surface area (TPSA) is 73.3 Å². The van der Waals surface area contributed by atoms with Gasteiger partial charge in [-0.25, -0.2) is 0 Å². The van der Waals surface area contributed by atoms with E-state index in [-0.39, 0.29) is 5.91 Å². The summed E-state index contributed by atoms with van der Waals surface area (Å²) in [7, 11) is 0. The van der Waals surface area contributed by atoms with Crippen molar-refractivity contribution in [1.29, 1.82) is 0 Å². The van der Waals surface area contributed by atoms with Gasteiger partial charge in [0.15, 0.2) is 11.5 Å². The summed E-state index contributed by atoms with van der Waals surface area (Å²) in [6.45, 7) is 1.09. The number of nitrogens with zero attached hydrogens (tertiary/aromatic N) is 2. The van der Waals surface area contributed by atoms with E-state index >= 15 is 0 Å². The van der Waals surface area contributed by atoms with Gasteiger partial charge in [-0.3, -0.25) is 14.8 Å². The minimum atomic E-state index is -0.224. The van der Waals surface area contributed by atoms with Crippen LogP contribution in [0.25, 0.3) is 17.1 Å². The number of anilines is 1. The molecule has 0 atom stereocenters. The van der Waals surface area contributed by atoms with Crippen molar-refractivity contribution in [1.82, 2.24) is 9.97 Å². The van der Waals surface area contributed by atoms with Crippen molar-refractivity contribution < 1.29 is 14.3 Å². The number of nitrogens with one attached hydrogen (secondary N) is 1. The van der Waals surface area contributed by atoms with Crippen LogP contribution in [-0.2, 0) is 4.79 Å². The van der Waals surface area contributed by atoms with Crippen LogP contribution in [0.5, 0.6) is 11.5 Å². The Kier molecular flexibility index (Phi) is 4.00. The van der Waals surface area contributed by atoms with E-state index in [4.69, 9.17) is 9.47 Å². The molecule has 1 N–H and O–H groups in total. The van der Waals surface area contributed by atoms with E-state index < -0.39 is 0 Å². The fourth-order valence-electron chi connectivity index (χ4n) is 2.56. The Labute approximate surface area is 144 Å². The number of benzene rings is 2. The summed E-state index contributed by atoms with van der Waals surface area (Å²) in [5.74, 6) is 1.20. The third kappa shape index (κ3) is 3.42. The number of hydrogen-bond acceptors (Lipinski definition) is 5. The van der Waals surface area contributed by atoms with Gasteiger partial charge in [0.1, 0.15) is 13.2 Å². The van der Waals surface area contributed by atoms with E-state index in [2.05, 4.69) is 15.3 Å². The van der Waals surface area contributed by atoms with Gasteiger partial charge in [-0.05, 0) is 42.0 Å². The van der Waals surface area contributed by atoms with Crippen molar-refractivity contribution in [2.75, 3.05) is 18.5 Å².